The molecule has 1 aromatic carbocycles. The van der Waals surface area contributed by atoms with Crippen LogP contribution in [0.1, 0.15) is 59.6 Å². The summed E-state index contributed by atoms with van der Waals surface area (Å²) in [4.78, 5) is 87.1. The lowest BCUT2D eigenvalue weighted by Gasteiger charge is -2.35. The van der Waals surface area contributed by atoms with Crippen molar-refractivity contribution >= 4 is 41.2 Å². The number of aliphatic carboxylic acids is 1. The summed E-state index contributed by atoms with van der Waals surface area (Å²) in [5.74, 6) is -5.29. The van der Waals surface area contributed by atoms with Gasteiger partial charge in [0, 0.05) is 24.0 Å². The number of carbonyl (C=O) groups excluding carboxylic acids is 5. The summed E-state index contributed by atoms with van der Waals surface area (Å²) in [5.41, 5.74) is 12.1. The number of aromatic nitrogens is 2. The monoisotopic (exact) mass is 685 g/mol. The van der Waals surface area contributed by atoms with Crippen molar-refractivity contribution < 1.29 is 33.9 Å². The fourth-order valence-corrected chi connectivity index (χ4v) is 5.06. The Kier molecular flexibility index (Phi) is 16.4. The Labute approximate surface area is 286 Å². The number of hydrogen-bond donors (Lipinski definition) is 8. The van der Waals surface area contributed by atoms with Gasteiger partial charge in [0.1, 0.15) is 30.2 Å². The summed E-state index contributed by atoms with van der Waals surface area (Å²) in [6.45, 7) is 8.24. The maximum absolute atomic E-state index is 14.3. The van der Waals surface area contributed by atoms with Crippen LogP contribution in [0.4, 0.5) is 5.69 Å². The first-order valence-electron chi connectivity index (χ1n) is 16.4. The molecule has 2 rings (SSSR count). The lowest BCUT2D eigenvalue weighted by atomic mass is 9.99. The van der Waals surface area contributed by atoms with Crippen molar-refractivity contribution in [3.8, 4) is 0 Å². The van der Waals surface area contributed by atoms with Crippen molar-refractivity contribution in [2.75, 3.05) is 18.0 Å². The number of nitrogens with two attached hydrogens (primary N) is 2. The molecule has 0 saturated heterocycles. The quantitative estimate of drug-likeness (QED) is 0.0852. The topological polar surface area (TPSA) is 255 Å². The molecule has 1 heterocycles. The molecule has 0 aliphatic heterocycles. The van der Waals surface area contributed by atoms with Gasteiger partial charge in [0.25, 0.3) is 5.91 Å². The summed E-state index contributed by atoms with van der Waals surface area (Å²) >= 11 is 0. The molecule has 0 fully saturated rings. The number of anilines is 1. The Balaban J connectivity index is 2.40. The summed E-state index contributed by atoms with van der Waals surface area (Å²) in [7, 11) is 0. The SMILES string of the molecule is CC(C)[C@H](NC(=O)[C@H](C)N(C(=O)[C@@H](NC(=O)[C@H](CCCCN)NC(=O)[C@H](Cc1cnc[nH]1)NC(=O)CN)C(C)C)c1ccccc1)C(=O)O. The van der Waals surface area contributed by atoms with Gasteiger partial charge in [-0.2, -0.15) is 0 Å². The molecule has 16 nitrogen and oxygen atoms in total. The molecule has 0 aliphatic rings. The molecule has 5 amide bonds. The predicted molar refractivity (Wildman–Crippen MR) is 183 cm³/mol. The number of unbranched alkanes of at least 4 members (excludes halogenated alkanes) is 1. The highest BCUT2D eigenvalue weighted by molar-refractivity contribution is 6.05. The highest BCUT2D eigenvalue weighted by Gasteiger charge is 2.38. The van der Waals surface area contributed by atoms with Crippen molar-refractivity contribution in [2.45, 2.75) is 90.5 Å². The largest absolute Gasteiger partial charge is 0.480 e. The zero-order chi connectivity index (χ0) is 36.7. The van der Waals surface area contributed by atoms with Crippen LogP contribution in [0.15, 0.2) is 42.9 Å². The van der Waals surface area contributed by atoms with E-state index in [1.54, 1.807) is 58.0 Å². The number of nitrogens with zero attached hydrogens (tertiary/aromatic N) is 2. The molecular weight excluding hydrogens is 634 g/mol. The Bertz CT molecular complexity index is 1390. The minimum absolute atomic E-state index is 0.0490. The minimum atomic E-state index is -1.21. The summed E-state index contributed by atoms with van der Waals surface area (Å²) in [6, 6.07) is 2.66. The van der Waals surface area contributed by atoms with E-state index in [-0.39, 0.29) is 19.4 Å². The highest BCUT2D eigenvalue weighted by atomic mass is 16.4. The smallest absolute Gasteiger partial charge is 0.326 e. The van der Waals surface area contributed by atoms with Crippen LogP contribution in [0.2, 0.25) is 0 Å². The molecule has 270 valence electrons. The van der Waals surface area contributed by atoms with Crippen LogP contribution in [-0.2, 0) is 35.2 Å². The van der Waals surface area contributed by atoms with Crippen LogP contribution < -0.4 is 37.6 Å². The van der Waals surface area contributed by atoms with Crippen LogP contribution in [-0.4, -0.2) is 93.9 Å². The molecule has 0 bridgehead atoms. The molecule has 0 aliphatic carbocycles. The van der Waals surface area contributed by atoms with E-state index in [2.05, 4.69) is 31.2 Å². The molecule has 2 aromatic rings. The normalized spacial score (nSPS) is 14.2. The number of hydrogen-bond acceptors (Lipinski definition) is 9. The van der Waals surface area contributed by atoms with Crippen LogP contribution in [0.3, 0.4) is 0 Å². The number of benzene rings is 1. The first-order valence-corrected chi connectivity index (χ1v) is 16.4. The number of aromatic amines is 1. The van der Waals surface area contributed by atoms with Gasteiger partial charge in [-0.05, 0) is 56.7 Å². The zero-order valence-electron chi connectivity index (χ0n) is 28.8. The lowest BCUT2D eigenvalue weighted by molar-refractivity contribution is -0.143. The average molecular weight is 686 g/mol. The third kappa shape index (κ3) is 12.3. The number of rotatable bonds is 20. The fourth-order valence-electron chi connectivity index (χ4n) is 5.06. The second-order valence-electron chi connectivity index (χ2n) is 12.5. The predicted octanol–water partition coefficient (Wildman–Crippen LogP) is -0.203. The van der Waals surface area contributed by atoms with E-state index >= 15 is 0 Å². The molecular formula is C33H51N9O7. The molecule has 49 heavy (non-hydrogen) atoms. The third-order valence-corrected chi connectivity index (χ3v) is 7.90. The lowest BCUT2D eigenvalue weighted by Crippen LogP contribution is -2.61. The van der Waals surface area contributed by atoms with Gasteiger partial charge in [0.05, 0.1) is 12.9 Å². The van der Waals surface area contributed by atoms with E-state index in [1.165, 1.54) is 24.3 Å². The fraction of sp³-hybridized carbons (Fsp3) is 0.545. The molecule has 0 saturated carbocycles. The van der Waals surface area contributed by atoms with E-state index in [4.69, 9.17) is 11.5 Å². The molecule has 1 aromatic heterocycles. The van der Waals surface area contributed by atoms with Crippen molar-refractivity contribution in [3.63, 3.8) is 0 Å². The number of amides is 5. The Morgan fingerprint density at radius 3 is 1.96 bits per heavy atom. The van der Waals surface area contributed by atoms with Gasteiger partial charge in [-0.1, -0.05) is 45.9 Å². The van der Waals surface area contributed by atoms with Crippen molar-refractivity contribution in [2.24, 2.45) is 23.3 Å². The minimum Gasteiger partial charge on any atom is -0.480 e. The molecule has 10 N–H and O–H groups in total. The molecule has 5 atom stereocenters. The Morgan fingerprint density at radius 2 is 1.43 bits per heavy atom. The molecule has 0 radical (unpaired) electrons. The number of carboxylic acids is 1. The van der Waals surface area contributed by atoms with Gasteiger partial charge in [-0.15, -0.1) is 0 Å². The number of nitrogens with one attached hydrogen (secondary N) is 5. The molecule has 0 spiro atoms. The summed E-state index contributed by atoms with van der Waals surface area (Å²) in [6.07, 6.45) is 4.21. The summed E-state index contributed by atoms with van der Waals surface area (Å²) < 4.78 is 0. The van der Waals surface area contributed by atoms with E-state index < -0.39 is 77.6 Å². The maximum atomic E-state index is 14.3. The van der Waals surface area contributed by atoms with Crippen LogP contribution in [0.25, 0.3) is 0 Å². The van der Waals surface area contributed by atoms with Crippen LogP contribution in [0.5, 0.6) is 0 Å². The van der Waals surface area contributed by atoms with Gasteiger partial charge in [-0.25, -0.2) is 9.78 Å². The van der Waals surface area contributed by atoms with E-state index in [0.29, 0.717) is 30.8 Å². The zero-order valence-corrected chi connectivity index (χ0v) is 28.8. The van der Waals surface area contributed by atoms with E-state index in [9.17, 15) is 33.9 Å². The number of H-pyrrole nitrogens is 1. The Hall–Kier alpha value is -4.83. The van der Waals surface area contributed by atoms with Gasteiger partial charge in [-0.3, -0.25) is 28.9 Å². The standard InChI is InChI=1S/C33H51N9O7/c1-19(2)27(32(47)42(23-11-7-6-8-12-23)21(5)29(44)41-28(20(3)4)33(48)49)40-30(45)24(13-9-10-14-34)39-31(46)25(38-26(43)16-35)15-22-17-36-18-37-22/h6-8,11-12,17-21,24-25,27-28H,9-10,13-16,34-35H2,1-5H3,(H,36,37)(H,38,43)(H,39,46)(H,40,45)(H,41,44)(H,48,49)/t21-,24-,25-,27-,28-/m0/s1. The maximum Gasteiger partial charge on any atom is 0.326 e. The van der Waals surface area contributed by atoms with Crippen LogP contribution in [0, 0.1) is 11.8 Å². The number of carboxylic acid groups (broad SMARTS) is 1. The van der Waals surface area contributed by atoms with Gasteiger partial charge in [0.15, 0.2) is 0 Å². The summed E-state index contributed by atoms with van der Waals surface area (Å²) in [5, 5.41) is 20.2. The van der Waals surface area contributed by atoms with E-state index in [0.717, 1.165) is 0 Å². The first-order chi connectivity index (χ1) is 23.2. The molecule has 16 heteroatoms. The second kappa shape index (κ2) is 19.9. The van der Waals surface area contributed by atoms with Crippen LogP contribution >= 0.6 is 0 Å². The van der Waals surface area contributed by atoms with Crippen molar-refractivity contribution in [1.82, 2.24) is 31.2 Å². The van der Waals surface area contributed by atoms with Crippen molar-refractivity contribution in [1.29, 1.82) is 0 Å². The number of imidazole rings is 1. The highest BCUT2D eigenvalue weighted by Crippen LogP contribution is 2.21. The third-order valence-electron chi connectivity index (χ3n) is 7.90. The van der Waals surface area contributed by atoms with Gasteiger partial charge >= 0.3 is 5.97 Å². The first kappa shape index (κ1) is 40.3. The second-order valence-corrected chi connectivity index (χ2v) is 12.5. The average Bonchev–Trinajstić information content (AvgIpc) is 3.58. The molecule has 0 unspecified atom stereocenters. The Morgan fingerprint density at radius 1 is 0.816 bits per heavy atom. The number of para-hydroxylation sites is 1. The number of carbonyl (C=O) groups is 6. The van der Waals surface area contributed by atoms with Gasteiger partial charge < -0.3 is 42.8 Å². The van der Waals surface area contributed by atoms with Crippen molar-refractivity contribution in [3.05, 3.63) is 48.5 Å². The van der Waals surface area contributed by atoms with Gasteiger partial charge in [0.2, 0.25) is 23.6 Å². The van der Waals surface area contributed by atoms with E-state index in [1.807, 2.05) is 0 Å².